The van der Waals surface area contributed by atoms with Crippen LogP contribution in [0.5, 0.6) is 11.5 Å². The summed E-state index contributed by atoms with van der Waals surface area (Å²) in [5.74, 6) is 1.41. The third-order valence-corrected chi connectivity index (χ3v) is 3.57. The van der Waals surface area contributed by atoms with Crippen LogP contribution < -0.4 is 10.1 Å². The number of rotatable bonds is 6. The van der Waals surface area contributed by atoms with Gasteiger partial charge in [-0.25, -0.2) is 0 Å². The topological polar surface area (TPSA) is 21.3 Å². The molecule has 0 radical (unpaired) electrons. The molecule has 2 nitrogen and oxygen atoms in total. The molecule has 1 N–H and O–H groups in total. The van der Waals surface area contributed by atoms with Crippen LogP contribution in [-0.2, 0) is 0 Å². The summed E-state index contributed by atoms with van der Waals surface area (Å²) in [4.78, 5) is 0. The molecule has 0 aliphatic carbocycles. The molecule has 0 saturated carbocycles. The van der Waals surface area contributed by atoms with Gasteiger partial charge in [0.05, 0.1) is 0 Å². The van der Waals surface area contributed by atoms with Crippen molar-refractivity contribution < 1.29 is 4.74 Å². The van der Waals surface area contributed by atoms with E-state index in [2.05, 4.69) is 25.2 Å². The Kier molecular flexibility index (Phi) is 5.92. The number of benzene rings is 2. The van der Waals surface area contributed by atoms with E-state index in [1.807, 2.05) is 18.2 Å². The summed E-state index contributed by atoms with van der Waals surface area (Å²) in [6.07, 6.45) is 1.11. The zero-order chi connectivity index (χ0) is 15.2. The van der Waals surface area contributed by atoms with Gasteiger partial charge in [0, 0.05) is 16.1 Å². The van der Waals surface area contributed by atoms with E-state index in [1.165, 1.54) is 5.56 Å². The molecule has 1 atom stereocenters. The molecule has 2 aromatic rings. The molecular weight excluding hydrogens is 305 g/mol. The van der Waals surface area contributed by atoms with Crippen molar-refractivity contribution in [1.29, 1.82) is 0 Å². The van der Waals surface area contributed by atoms with Gasteiger partial charge >= 0.3 is 0 Å². The number of ether oxygens (including phenoxy) is 1. The van der Waals surface area contributed by atoms with Gasteiger partial charge in [-0.1, -0.05) is 42.3 Å². The van der Waals surface area contributed by atoms with Gasteiger partial charge in [-0.05, 0) is 55.8 Å². The molecule has 0 saturated heterocycles. The lowest BCUT2D eigenvalue weighted by atomic mass is 10.1. The molecule has 21 heavy (non-hydrogen) atoms. The van der Waals surface area contributed by atoms with Crippen LogP contribution in [0.4, 0.5) is 0 Å². The zero-order valence-corrected chi connectivity index (χ0v) is 13.7. The van der Waals surface area contributed by atoms with Crippen molar-refractivity contribution in [3.8, 4) is 11.5 Å². The lowest BCUT2D eigenvalue weighted by Crippen LogP contribution is -2.19. The largest absolute Gasteiger partial charge is 0.457 e. The van der Waals surface area contributed by atoms with Gasteiger partial charge < -0.3 is 10.1 Å². The van der Waals surface area contributed by atoms with Crippen molar-refractivity contribution in [1.82, 2.24) is 5.32 Å². The molecule has 2 rings (SSSR count). The van der Waals surface area contributed by atoms with E-state index in [4.69, 9.17) is 27.9 Å². The van der Waals surface area contributed by atoms with Crippen LogP contribution in [0, 0.1) is 0 Å². The fraction of sp³-hybridized carbons (Fsp3) is 0.294. The summed E-state index contributed by atoms with van der Waals surface area (Å²) in [5.41, 5.74) is 1.19. The normalized spacial score (nSPS) is 12.2. The lowest BCUT2D eigenvalue weighted by Gasteiger charge is -2.15. The molecular formula is C17H19Cl2NO. The molecule has 0 aromatic heterocycles. The number of nitrogens with one attached hydrogen (secondary N) is 1. The molecule has 4 heteroatoms. The molecule has 0 fully saturated rings. The summed E-state index contributed by atoms with van der Waals surface area (Å²) < 4.78 is 5.84. The van der Waals surface area contributed by atoms with Crippen molar-refractivity contribution in [3.05, 3.63) is 58.1 Å². The fourth-order valence-corrected chi connectivity index (χ4v) is 2.56. The van der Waals surface area contributed by atoms with Crippen molar-refractivity contribution in [2.45, 2.75) is 26.3 Å². The molecule has 0 aliphatic rings. The monoisotopic (exact) mass is 323 g/mol. The highest BCUT2D eigenvalue weighted by Crippen LogP contribution is 2.29. The van der Waals surface area contributed by atoms with E-state index >= 15 is 0 Å². The number of halogens is 2. The van der Waals surface area contributed by atoms with E-state index in [-0.39, 0.29) is 6.04 Å². The smallest absolute Gasteiger partial charge is 0.130 e. The van der Waals surface area contributed by atoms with E-state index < -0.39 is 0 Å². The van der Waals surface area contributed by atoms with E-state index in [1.54, 1.807) is 18.2 Å². The van der Waals surface area contributed by atoms with E-state index in [0.717, 1.165) is 18.7 Å². The molecule has 112 valence electrons. The van der Waals surface area contributed by atoms with Crippen LogP contribution in [0.25, 0.3) is 0 Å². The number of hydrogen-bond donors (Lipinski definition) is 1. The average Bonchev–Trinajstić information content (AvgIpc) is 2.44. The Labute approximate surface area is 136 Å². The summed E-state index contributed by atoms with van der Waals surface area (Å²) in [6, 6.07) is 13.5. The second kappa shape index (κ2) is 7.69. The summed E-state index contributed by atoms with van der Waals surface area (Å²) >= 11 is 12.0. The highest BCUT2D eigenvalue weighted by Gasteiger charge is 2.06. The molecule has 0 heterocycles. The highest BCUT2D eigenvalue weighted by molar-refractivity contribution is 6.34. The van der Waals surface area contributed by atoms with Crippen molar-refractivity contribution in [2.24, 2.45) is 0 Å². The van der Waals surface area contributed by atoms with Crippen molar-refractivity contribution >= 4 is 23.2 Å². The van der Waals surface area contributed by atoms with Crippen LogP contribution >= 0.6 is 23.2 Å². The first-order valence-corrected chi connectivity index (χ1v) is 7.81. The van der Waals surface area contributed by atoms with Crippen LogP contribution in [0.3, 0.4) is 0 Å². The van der Waals surface area contributed by atoms with Gasteiger partial charge in [0.1, 0.15) is 11.5 Å². The molecule has 1 unspecified atom stereocenters. The minimum atomic E-state index is 0.288. The third-order valence-electron chi connectivity index (χ3n) is 3.13. The van der Waals surface area contributed by atoms with Crippen LogP contribution in [0.15, 0.2) is 42.5 Å². The van der Waals surface area contributed by atoms with E-state index in [0.29, 0.717) is 15.8 Å². The molecule has 0 aliphatic heterocycles. The quantitative estimate of drug-likeness (QED) is 0.720. The Morgan fingerprint density at radius 3 is 2.43 bits per heavy atom. The second-order valence-electron chi connectivity index (χ2n) is 4.96. The minimum absolute atomic E-state index is 0.288. The second-order valence-corrected chi connectivity index (χ2v) is 5.83. The van der Waals surface area contributed by atoms with Gasteiger partial charge in [0.25, 0.3) is 0 Å². The predicted molar refractivity (Wildman–Crippen MR) is 89.7 cm³/mol. The average molecular weight is 324 g/mol. The first kappa shape index (κ1) is 16.2. The maximum atomic E-state index is 5.98. The standard InChI is InChI=1S/C17H19Cl2NO/c1-3-7-20-12(2)13-5-4-6-16(8-13)21-17-10-14(18)9-15(19)11-17/h4-6,8-12,20H,3,7H2,1-2H3. The van der Waals surface area contributed by atoms with Crippen molar-refractivity contribution in [3.63, 3.8) is 0 Å². The first-order valence-electron chi connectivity index (χ1n) is 7.05. The van der Waals surface area contributed by atoms with Crippen LogP contribution in [0.2, 0.25) is 10.0 Å². The minimum Gasteiger partial charge on any atom is -0.457 e. The third kappa shape index (κ3) is 4.92. The van der Waals surface area contributed by atoms with Crippen LogP contribution in [0.1, 0.15) is 31.9 Å². The maximum Gasteiger partial charge on any atom is 0.130 e. The molecule has 0 spiro atoms. The molecule has 0 amide bonds. The van der Waals surface area contributed by atoms with Gasteiger partial charge in [0.2, 0.25) is 0 Å². The summed E-state index contributed by atoms with van der Waals surface area (Å²) in [7, 11) is 0. The Balaban J connectivity index is 2.13. The summed E-state index contributed by atoms with van der Waals surface area (Å²) in [6.45, 7) is 5.29. The number of hydrogen-bond acceptors (Lipinski definition) is 2. The molecule has 2 aromatic carbocycles. The Morgan fingerprint density at radius 1 is 1.05 bits per heavy atom. The van der Waals surface area contributed by atoms with Gasteiger partial charge in [-0.2, -0.15) is 0 Å². The van der Waals surface area contributed by atoms with Gasteiger partial charge in [0.15, 0.2) is 0 Å². The SMILES string of the molecule is CCCNC(C)c1cccc(Oc2cc(Cl)cc(Cl)c2)c1. The van der Waals surface area contributed by atoms with Gasteiger partial charge in [-0.3, -0.25) is 0 Å². The van der Waals surface area contributed by atoms with E-state index in [9.17, 15) is 0 Å². The first-order chi connectivity index (χ1) is 10.1. The molecule has 0 bridgehead atoms. The Hall–Kier alpha value is -1.22. The Morgan fingerprint density at radius 2 is 1.76 bits per heavy atom. The Bertz CT molecular complexity index is 581. The highest BCUT2D eigenvalue weighted by atomic mass is 35.5. The summed E-state index contributed by atoms with van der Waals surface area (Å²) in [5, 5.41) is 4.58. The zero-order valence-electron chi connectivity index (χ0n) is 12.2. The van der Waals surface area contributed by atoms with Gasteiger partial charge in [-0.15, -0.1) is 0 Å². The lowest BCUT2D eigenvalue weighted by molar-refractivity contribution is 0.479. The van der Waals surface area contributed by atoms with Crippen LogP contribution in [-0.4, -0.2) is 6.54 Å². The predicted octanol–water partition coefficient (Wildman–Crippen LogP) is 5.85. The maximum absolute atomic E-state index is 5.98. The van der Waals surface area contributed by atoms with Crippen molar-refractivity contribution in [2.75, 3.05) is 6.54 Å². The fourth-order valence-electron chi connectivity index (χ4n) is 2.05.